The van der Waals surface area contributed by atoms with Crippen molar-refractivity contribution in [2.24, 2.45) is 11.3 Å². The average Bonchev–Trinajstić information content (AvgIpc) is 4.10. The highest BCUT2D eigenvalue weighted by Crippen LogP contribution is 2.43. The summed E-state index contributed by atoms with van der Waals surface area (Å²) in [5.41, 5.74) is 9.85. The molecule has 1 aliphatic carbocycles. The molecule has 0 spiro atoms. The van der Waals surface area contributed by atoms with Crippen molar-refractivity contribution in [3.05, 3.63) is 52.1 Å². The lowest BCUT2D eigenvalue weighted by Crippen LogP contribution is -2.66. The van der Waals surface area contributed by atoms with Crippen molar-refractivity contribution >= 4 is 52.1 Å². The van der Waals surface area contributed by atoms with E-state index in [1.165, 1.54) is 21.9 Å². The van der Waals surface area contributed by atoms with E-state index in [2.05, 4.69) is 84.1 Å². The van der Waals surface area contributed by atoms with Gasteiger partial charge >= 0.3 is 6.03 Å². The number of carbonyl (C=O) groups is 4. The molecule has 2 N–H and O–H groups in total. The summed E-state index contributed by atoms with van der Waals surface area (Å²) in [4.78, 5) is 74.9. The van der Waals surface area contributed by atoms with E-state index >= 15 is 0 Å². The van der Waals surface area contributed by atoms with Crippen molar-refractivity contribution in [2.75, 3.05) is 85.1 Å². The number of anilines is 1. The lowest BCUT2D eigenvalue weighted by atomic mass is 9.84. The van der Waals surface area contributed by atoms with Gasteiger partial charge in [0, 0.05) is 100 Å². The Balaban J connectivity index is 1.14. The number of amides is 4. The number of likely N-dealkylation sites (tertiary alicyclic amines) is 1. The number of ether oxygens (including phenoxy) is 2. The Hall–Kier alpha value is -4.94. The summed E-state index contributed by atoms with van der Waals surface area (Å²) in [6.07, 6.45) is 9.03. The number of rotatable bonds is 10. The molecule has 372 valence electrons. The summed E-state index contributed by atoms with van der Waals surface area (Å²) in [6.45, 7) is 15.3. The predicted octanol–water partition coefficient (Wildman–Crippen LogP) is 6.31. The van der Waals surface area contributed by atoms with Crippen LogP contribution in [0.2, 0.25) is 0 Å². The van der Waals surface area contributed by atoms with Crippen molar-refractivity contribution in [3.8, 4) is 22.5 Å². The fraction of sp³-hybridized carbons (Fsp3) is 0.615. The standard InChI is InChI=1S/C52H72N10O6S/c1-8-61-43-16-15-36-25-38(43)40(47(61)39-26-37(29-53-45(39)34(2)67-7)59-23-21-57(5)22-24-59)28-51(3,4)32-68-33-52(31-63)17-11-20-62(56-52)49(65)41(27-44-54-42(36)30-69-44)55-48(64)46(35-13-9-10-14-35)58(6)50(66)60-18-12-19-60/h15-16,25-26,29-31,34-35,41,46,56H,8-14,17-24,27-28,32-33H2,1-7H3,(H,55,64)/t34-,41-,46-,52-/m0/s1. The topological polar surface area (TPSA) is 158 Å². The van der Waals surface area contributed by atoms with Gasteiger partial charge in [-0.05, 0) is 94.5 Å². The molecule has 4 fully saturated rings. The van der Waals surface area contributed by atoms with Crippen molar-refractivity contribution in [1.29, 1.82) is 0 Å². The molecule has 9 rings (SSSR count). The minimum Gasteiger partial charge on any atom is -0.378 e. The number of pyridine rings is 1. The molecule has 17 heteroatoms. The second-order valence-electron chi connectivity index (χ2n) is 21.0. The molecule has 4 aliphatic heterocycles. The van der Waals surface area contributed by atoms with E-state index in [4.69, 9.17) is 19.4 Å². The number of hydrogen-bond acceptors (Lipinski definition) is 12. The van der Waals surface area contributed by atoms with Crippen LogP contribution in [0.3, 0.4) is 0 Å². The van der Waals surface area contributed by atoms with Gasteiger partial charge in [-0.15, -0.1) is 11.3 Å². The van der Waals surface area contributed by atoms with Gasteiger partial charge in [-0.25, -0.2) is 15.2 Å². The van der Waals surface area contributed by atoms with Gasteiger partial charge in [-0.2, -0.15) is 0 Å². The zero-order valence-electron chi connectivity index (χ0n) is 41.7. The SMILES string of the molecule is CCn1c(-c2cc(N3CCN(C)CC3)cnc2[C@H](C)OC)c2c3cc(ccc31)-c1csc(n1)C[C@H](NC(=O)[C@H](C1CCCC1)N(C)C(=O)N1CCC1)C(=O)N1CCC[C@](C=O)(COCC(C)(C)C2)N1. The molecule has 6 bridgehead atoms. The Labute approximate surface area is 411 Å². The van der Waals surface area contributed by atoms with Crippen LogP contribution in [0.5, 0.6) is 0 Å². The summed E-state index contributed by atoms with van der Waals surface area (Å²) in [5, 5.41) is 8.48. The van der Waals surface area contributed by atoms with Gasteiger partial charge in [-0.3, -0.25) is 19.6 Å². The summed E-state index contributed by atoms with van der Waals surface area (Å²) in [5.74, 6) is -0.725. The number of thiazole rings is 1. The molecule has 0 unspecified atom stereocenters. The van der Waals surface area contributed by atoms with Gasteiger partial charge in [0.15, 0.2) is 0 Å². The number of hydrogen-bond donors (Lipinski definition) is 2. The largest absolute Gasteiger partial charge is 0.378 e. The third kappa shape index (κ3) is 10.0. The zero-order chi connectivity index (χ0) is 48.6. The quantitative estimate of drug-likeness (QED) is 0.172. The minimum atomic E-state index is -1.16. The number of hydrazine groups is 1. The molecule has 3 saturated heterocycles. The maximum Gasteiger partial charge on any atom is 0.320 e. The van der Waals surface area contributed by atoms with E-state index in [9.17, 15) is 19.2 Å². The second kappa shape index (κ2) is 20.4. The maximum atomic E-state index is 14.9. The smallest absolute Gasteiger partial charge is 0.320 e. The molecular formula is C52H72N10O6S. The van der Waals surface area contributed by atoms with Gasteiger partial charge in [0.05, 0.1) is 53.3 Å². The Bertz CT molecular complexity index is 2520. The van der Waals surface area contributed by atoms with Gasteiger partial charge in [0.1, 0.15) is 23.9 Å². The second-order valence-corrected chi connectivity index (χ2v) is 22.0. The van der Waals surface area contributed by atoms with Crippen LogP contribution < -0.4 is 15.6 Å². The number of carbonyl (C=O) groups excluding carboxylic acids is 4. The van der Waals surface area contributed by atoms with E-state index in [-0.39, 0.29) is 42.9 Å². The number of aldehydes is 1. The normalized spacial score (nSPS) is 23.6. The van der Waals surface area contributed by atoms with E-state index in [1.54, 1.807) is 24.0 Å². The monoisotopic (exact) mass is 965 g/mol. The van der Waals surface area contributed by atoms with Crippen LogP contribution in [0.1, 0.15) is 95.0 Å². The van der Waals surface area contributed by atoms with Crippen LogP contribution in [0, 0.1) is 11.3 Å². The van der Waals surface area contributed by atoms with Gasteiger partial charge < -0.3 is 43.8 Å². The predicted molar refractivity (Wildman–Crippen MR) is 269 cm³/mol. The van der Waals surface area contributed by atoms with Crippen molar-refractivity contribution in [2.45, 2.75) is 116 Å². The number of aryl methyl sites for hydroxylation is 1. The van der Waals surface area contributed by atoms with Crippen LogP contribution in [0.25, 0.3) is 33.4 Å². The number of nitrogens with zero attached hydrogens (tertiary/aromatic N) is 8. The van der Waals surface area contributed by atoms with Gasteiger partial charge in [0.25, 0.3) is 5.91 Å². The first-order valence-electron chi connectivity index (χ1n) is 25.2. The van der Waals surface area contributed by atoms with E-state index in [0.29, 0.717) is 50.5 Å². The fourth-order valence-electron chi connectivity index (χ4n) is 11.3. The number of urea groups is 1. The number of nitrogens with one attached hydrogen (secondary N) is 2. The molecule has 69 heavy (non-hydrogen) atoms. The lowest BCUT2D eigenvalue weighted by Gasteiger charge is -2.42. The summed E-state index contributed by atoms with van der Waals surface area (Å²) >= 11 is 1.46. The molecule has 4 aromatic rings. The third-order valence-corrected chi connectivity index (χ3v) is 16.3. The first-order chi connectivity index (χ1) is 33.2. The number of benzene rings is 1. The molecule has 16 nitrogen and oxygen atoms in total. The summed E-state index contributed by atoms with van der Waals surface area (Å²) in [7, 11) is 5.62. The molecule has 4 atom stereocenters. The van der Waals surface area contributed by atoms with E-state index in [0.717, 1.165) is 116 Å². The molecular weight excluding hydrogens is 893 g/mol. The third-order valence-electron chi connectivity index (χ3n) is 15.4. The van der Waals surface area contributed by atoms with Gasteiger partial charge in [-0.1, -0.05) is 32.8 Å². The number of aromatic nitrogens is 3. The number of likely N-dealkylation sites (N-methyl/N-ethyl adjacent to an activating group) is 2. The fourth-order valence-corrected chi connectivity index (χ4v) is 12.1. The molecule has 3 aromatic heterocycles. The molecule has 4 amide bonds. The van der Waals surface area contributed by atoms with Crippen LogP contribution in [-0.2, 0) is 43.2 Å². The average molecular weight is 965 g/mol. The van der Waals surface area contributed by atoms with Crippen LogP contribution >= 0.6 is 11.3 Å². The number of piperazine rings is 1. The number of fused-ring (bicyclic) bond motifs is 6. The molecule has 5 aliphatic rings. The molecule has 7 heterocycles. The lowest BCUT2D eigenvalue weighted by molar-refractivity contribution is -0.147. The minimum absolute atomic E-state index is 0.0201. The maximum absolute atomic E-state index is 14.9. The highest BCUT2D eigenvalue weighted by atomic mass is 32.1. The van der Waals surface area contributed by atoms with Crippen LogP contribution in [0.4, 0.5) is 10.5 Å². The zero-order valence-corrected chi connectivity index (χ0v) is 42.5. The Morgan fingerprint density at radius 3 is 2.52 bits per heavy atom. The molecule has 0 radical (unpaired) electrons. The van der Waals surface area contributed by atoms with Crippen molar-refractivity contribution < 1.29 is 28.7 Å². The number of methoxy groups -OCH3 is 1. The van der Waals surface area contributed by atoms with Crippen molar-refractivity contribution in [3.63, 3.8) is 0 Å². The molecule has 1 saturated carbocycles. The van der Waals surface area contributed by atoms with Gasteiger partial charge in [0.2, 0.25) is 5.91 Å². The first-order valence-corrected chi connectivity index (χ1v) is 26.1. The van der Waals surface area contributed by atoms with E-state index < -0.39 is 23.0 Å². The molecule has 1 aromatic carbocycles. The Morgan fingerprint density at radius 2 is 1.83 bits per heavy atom. The highest BCUT2D eigenvalue weighted by Gasteiger charge is 2.43. The van der Waals surface area contributed by atoms with E-state index in [1.807, 2.05) is 11.6 Å². The Kier molecular flexibility index (Phi) is 14.5. The van der Waals surface area contributed by atoms with Crippen LogP contribution in [-0.4, -0.2) is 156 Å². The van der Waals surface area contributed by atoms with Crippen molar-refractivity contribution in [1.82, 2.24) is 45.0 Å². The first kappa shape index (κ1) is 49.1. The summed E-state index contributed by atoms with van der Waals surface area (Å²) in [6, 6.07) is 6.98. The van der Waals surface area contributed by atoms with Crippen LogP contribution in [0.15, 0.2) is 35.8 Å². The summed E-state index contributed by atoms with van der Waals surface area (Å²) < 4.78 is 15.0. The highest BCUT2D eigenvalue weighted by molar-refractivity contribution is 7.10. The Morgan fingerprint density at radius 1 is 1.06 bits per heavy atom.